The minimum absolute atomic E-state index is 0.0144. The van der Waals surface area contributed by atoms with Gasteiger partial charge in [-0.05, 0) is 43.2 Å². The molecule has 1 fully saturated rings. The van der Waals surface area contributed by atoms with Crippen LogP contribution in [0.15, 0.2) is 36.4 Å². The highest BCUT2D eigenvalue weighted by molar-refractivity contribution is 7.92. The number of sulfonamides is 1. The Labute approximate surface area is 154 Å². The number of hydrogen-bond donors (Lipinski definition) is 1. The predicted molar refractivity (Wildman–Crippen MR) is 96.1 cm³/mol. The minimum Gasteiger partial charge on any atom is -0.319 e. The lowest BCUT2D eigenvalue weighted by Gasteiger charge is -2.29. The molecule has 26 heavy (non-hydrogen) atoms. The second-order valence-corrected chi connectivity index (χ2v) is 8.26. The van der Waals surface area contributed by atoms with Crippen molar-refractivity contribution >= 4 is 38.9 Å². The number of carbonyl (C=O) groups excluding carboxylic acids is 1. The van der Waals surface area contributed by atoms with Gasteiger partial charge in [-0.3, -0.25) is 9.10 Å². The number of nitrogens with zero attached hydrogens (tertiary/aromatic N) is 1. The van der Waals surface area contributed by atoms with Gasteiger partial charge < -0.3 is 5.32 Å². The summed E-state index contributed by atoms with van der Waals surface area (Å²) in [6.45, 7) is 0.277. The summed E-state index contributed by atoms with van der Waals surface area (Å²) in [7, 11) is -3.50. The van der Waals surface area contributed by atoms with Crippen LogP contribution in [-0.2, 0) is 10.0 Å². The van der Waals surface area contributed by atoms with E-state index in [-0.39, 0.29) is 34.3 Å². The summed E-state index contributed by atoms with van der Waals surface area (Å²) >= 11 is 6.12. The lowest BCUT2D eigenvalue weighted by molar-refractivity contribution is 0.102. The maximum atomic E-state index is 13.7. The van der Waals surface area contributed by atoms with Crippen LogP contribution in [0.1, 0.15) is 23.2 Å². The molecule has 0 aliphatic carbocycles. The third kappa shape index (κ3) is 3.81. The molecule has 0 saturated carbocycles. The van der Waals surface area contributed by atoms with Crippen molar-refractivity contribution in [2.24, 2.45) is 0 Å². The normalized spacial score (nSPS) is 16.3. The standard InChI is InChI=1S/C17H15ClF2N2O3S/c18-13-5-3-11(9-16(13)22-7-1-2-8-26(22,24)25)17(23)21-15-6-4-12(19)10-14(15)20/h3-6,9-10H,1-2,7-8H2,(H,21,23). The van der Waals surface area contributed by atoms with Gasteiger partial charge in [0.05, 0.1) is 22.2 Å². The molecular formula is C17H15ClF2N2O3S. The monoisotopic (exact) mass is 400 g/mol. The maximum Gasteiger partial charge on any atom is 0.255 e. The summed E-state index contributed by atoms with van der Waals surface area (Å²) < 4.78 is 52.4. The van der Waals surface area contributed by atoms with Crippen molar-refractivity contribution in [2.45, 2.75) is 12.8 Å². The Morgan fingerprint density at radius 3 is 2.58 bits per heavy atom. The number of amides is 1. The summed E-state index contributed by atoms with van der Waals surface area (Å²) in [5.41, 5.74) is 0.131. The van der Waals surface area contributed by atoms with Crippen molar-refractivity contribution in [2.75, 3.05) is 21.9 Å². The minimum atomic E-state index is -3.50. The fourth-order valence-corrected chi connectivity index (χ4v) is 4.61. The molecule has 3 rings (SSSR count). The van der Waals surface area contributed by atoms with Gasteiger partial charge in [-0.1, -0.05) is 11.6 Å². The second kappa shape index (κ2) is 7.20. The van der Waals surface area contributed by atoms with Crippen molar-refractivity contribution in [3.63, 3.8) is 0 Å². The molecule has 0 aromatic heterocycles. The molecule has 138 valence electrons. The van der Waals surface area contributed by atoms with Crippen LogP contribution in [0.5, 0.6) is 0 Å². The summed E-state index contributed by atoms with van der Waals surface area (Å²) in [5.74, 6) is -2.32. The molecule has 1 amide bonds. The van der Waals surface area contributed by atoms with Gasteiger partial charge in [0, 0.05) is 18.2 Å². The quantitative estimate of drug-likeness (QED) is 0.852. The van der Waals surface area contributed by atoms with Crippen LogP contribution in [-0.4, -0.2) is 26.6 Å². The molecule has 5 nitrogen and oxygen atoms in total. The average molecular weight is 401 g/mol. The summed E-state index contributed by atoms with van der Waals surface area (Å²) in [6.07, 6.45) is 1.26. The zero-order chi connectivity index (χ0) is 18.9. The van der Waals surface area contributed by atoms with Crippen LogP contribution < -0.4 is 9.62 Å². The maximum absolute atomic E-state index is 13.7. The first kappa shape index (κ1) is 18.6. The molecule has 2 aromatic carbocycles. The highest BCUT2D eigenvalue weighted by Gasteiger charge is 2.28. The molecule has 0 bridgehead atoms. The molecule has 0 atom stereocenters. The number of nitrogens with one attached hydrogen (secondary N) is 1. The molecule has 1 saturated heterocycles. The Bertz CT molecular complexity index is 966. The SMILES string of the molecule is O=C(Nc1ccc(F)cc1F)c1ccc(Cl)c(N2CCCCS2(=O)=O)c1. The van der Waals surface area contributed by atoms with Crippen LogP contribution in [0.4, 0.5) is 20.2 Å². The van der Waals surface area contributed by atoms with Crippen molar-refractivity contribution in [3.8, 4) is 0 Å². The zero-order valence-corrected chi connectivity index (χ0v) is 15.1. The van der Waals surface area contributed by atoms with Crippen LogP contribution in [0.3, 0.4) is 0 Å². The molecule has 1 aliphatic rings. The van der Waals surface area contributed by atoms with Crippen molar-refractivity contribution in [3.05, 3.63) is 58.6 Å². The first-order chi connectivity index (χ1) is 12.3. The van der Waals surface area contributed by atoms with Crippen LogP contribution >= 0.6 is 11.6 Å². The topological polar surface area (TPSA) is 66.5 Å². The van der Waals surface area contributed by atoms with E-state index in [0.29, 0.717) is 18.9 Å². The van der Waals surface area contributed by atoms with Gasteiger partial charge in [0.25, 0.3) is 5.91 Å². The van der Waals surface area contributed by atoms with Gasteiger partial charge >= 0.3 is 0 Å². The van der Waals surface area contributed by atoms with Gasteiger partial charge in [-0.25, -0.2) is 17.2 Å². The number of benzene rings is 2. The first-order valence-corrected chi connectivity index (χ1v) is 9.83. The van der Waals surface area contributed by atoms with Gasteiger partial charge in [0.15, 0.2) is 0 Å². The van der Waals surface area contributed by atoms with E-state index in [1.165, 1.54) is 22.5 Å². The van der Waals surface area contributed by atoms with Crippen molar-refractivity contribution < 1.29 is 22.0 Å². The van der Waals surface area contributed by atoms with Gasteiger partial charge in [0.1, 0.15) is 11.6 Å². The average Bonchev–Trinajstić information content (AvgIpc) is 2.58. The van der Waals surface area contributed by atoms with Crippen LogP contribution in [0.2, 0.25) is 5.02 Å². The van der Waals surface area contributed by atoms with E-state index in [2.05, 4.69) is 5.32 Å². The van der Waals surface area contributed by atoms with Crippen LogP contribution in [0, 0.1) is 11.6 Å². The Balaban J connectivity index is 1.90. The number of carbonyl (C=O) groups is 1. The Morgan fingerprint density at radius 2 is 1.88 bits per heavy atom. The van der Waals surface area contributed by atoms with Gasteiger partial charge in [0.2, 0.25) is 10.0 Å². The Kier molecular flexibility index (Phi) is 5.15. The number of anilines is 2. The van der Waals surface area contributed by atoms with E-state index in [1.807, 2.05) is 0 Å². The highest BCUT2D eigenvalue weighted by Crippen LogP contribution is 2.32. The van der Waals surface area contributed by atoms with E-state index in [1.54, 1.807) is 0 Å². The second-order valence-electron chi connectivity index (χ2n) is 5.84. The Hall–Kier alpha value is -2.19. The Morgan fingerprint density at radius 1 is 1.12 bits per heavy atom. The van der Waals surface area contributed by atoms with Gasteiger partial charge in [-0.15, -0.1) is 0 Å². The molecule has 0 spiro atoms. The largest absolute Gasteiger partial charge is 0.319 e. The molecule has 1 aliphatic heterocycles. The van der Waals surface area contributed by atoms with E-state index in [9.17, 15) is 22.0 Å². The molecule has 9 heteroatoms. The molecule has 1 heterocycles. The van der Waals surface area contributed by atoms with Crippen LogP contribution in [0.25, 0.3) is 0 Å². The number of halogens is 3. The molecule has 2 aromatic rings. The lowest BCUT2D eigenvalue weighted by atomic mass is 10.1. The fourth-order valence-electron chi connectivity index (χ4n) is 2.69. The van der Waals surface area contributed by atoms with Gasteiger partial charge in [-0.2, -0.15) is 0 Å². The molecular weight excluding hydrogens is 386 g/mol. The lowest BCUT2D eigenvalue weighted by Crippen LogP contribution is -2.38. The van der Waals surface area contributed by atoms with E-state index in [0.717, 1.165) is 12.1 Å². The third-order valence-electron chi connectivity index (χ3n) is 4.01. The summed E-state index contributed by atoms with van der Waals surface area (Å²) in [5, 5.41) is 2.53. The zero-order valence-electron chi connectivity index (χ0n) is 13.5. The molecule has 0 radical (unpaired) electrons. The number of rotatable bonds is 3. The molecule has 1 N–H and O–H groups in total. The summed E-state index contributed by atoms with van der Waals surface area (Å²) in [4.78, 5) is 12.4. The first-order valence-electron chi connectivity index (χ1n) is 7.84. The summed E-state index contributed by atoms with van der Waals surface area (Å²) in [6, 6.07) is 6.95. The number of hydrogen-bond acceptors (Lipinski definition) is 3. The van der Waals surface area contributed by atoms with E-state index in [4.69, 9.17) is 11.6 Å². The third-order valence-corrected chi connectivity index (χ3v) is 6.18. The predicted octanol–water partition coefficient (Wildman–Crippen LogP) is 3.80. The smallest absolute Gasteiger partial charge is 0.255 e. The highest BCUT2D eigenvalue weighted by atomic mass is 35.5. The fraction of sp³-hybridized carbons (Fsp3) is 0.235. The van der Waals surface area contributed by atoms with Crippen molar-refractivity contribution in [1.82, 2.24) is 0 Å². The van der Waals surface area contributed by atoms with E-state index < -0.39 is 27.6 Å². The van der Waals surface area contributed by atoms with Crippen molar-refractivity contribution in [1.29, 1.82) is 0 Å². The van der Waals surface area contributed by atoms with E-state index >= 15 is 0 Å². The molecule has 0 unspecified atom stereocenters.